The highest BCUT2D eigenvalue weighted by Gasteiger charge is 2.39. The quantitative estimate of drug-likeness (QED) is 0.207. The number of carbonyl (C=O) groups excluding carboxylic acids is 3. The van der Waals surface area contributed by atoms with Crippen LogP contribution in [0.4, 0.5) is 26.3 Å². The van der Waals surface area contributed by atoms with E-state index in [0.717, 1.165) is 19.2 Å². The number of nitrogens with zero attached hydrogens (tertiary/aromatic N) is 3. The van der Waals surface area contributed by atoms with E-state index >= 15 is 0 Å². The summed E-state index contributed by atoms with van der Waals surface area (Å²) < 4.78 is 85.4. The monoisotopic (exact) mass is 679 g/mol. The third kappa shape index (κ3) is 9.09. The fourth-order valence-electron chi connectivity index (χ4n) is 4.25. The number of hydrogen-bond acceptors (Lipinski definition) is 7. The van der Waals surface area contributed by atoms with Gasteiger partial charge in [0.2, 0.25) is 11.8 Å². The number of carbonyl (C=O) groups is 3. The molecular weight excluding hydrogens is 652 g/mol. The lowest BCUT2D eigenvalue weighted by Gasteiger charge is -2.25. The zero-order valence-corrected chi connectivity index (χ0v) is 25.1. The van der Waals surface area contributed by atoms with Crippen molar-refractivity contribution in [3.05, 3.63) is 75.2 Å². The van der Waals surface area contributed by atoms with Crippen molar-refractivity contribution in [3.8, 4) is 11.4 Å². The van der Waals surface area contributed by atoms with Gasteiger partial charge in [-0.2, -0.15) is 26.3 Å². The third-order valence-electron chi connectivity index (χ3n) is 6.54. The number of rotatable bonds is 11. The first kappa shape index (κ1) is 36.1. The van der Waals surface area contributed by atoms with Gasteiger partial charge < -0.3 is 20.5 Å². The molecule has 3 aromatic rings. The Morgan fingerprint density at radius 2 is 1.65 bits per heavy atom. The van der Waals surface area contributed by atoms with Crippen LogP contribution in [0.5, 0.6) is 0 Å². The van der Waals surface area contributed by atoms with Gasteiger partial charge in [0.15, 0.2) is 11.9 Å². The Bertz CT molecular complexity index is 1640. The SMILES string of the molecule is COC(=O)C(C)(C)NC(=O)CC(NC(=O)Cn1nc(-c2ccc(Cl)cc2)n(C[C@H](O)C(F)(F)F)c1=O)c1cccc(C(F)(F)F)c1. The molecule has 2 atom stereocenters. The number of nitrogens with one attached hydrogen (secondary N) is 2. The minimum atomic E-state index is -5.10. The number of amides is 2. The first-order valence-electron chi connectivity index (χ1n) is 13.3. The zero-order chi connectivity index (χ0) is 34.6. The fourth-order valence-corrected chi connectivity index (χ4v) is 4.37. The van der Waals surface area contributed by atoms with Crippen molar-refractivity contribution in [1.82, 2.24) is 25.0 Å². The summed E-state index contributed by atoms with van der Waals surface area (Å²) in [5, 5.41) is 18.6. The first-order chi connectivity index (χ1) is 21.2. The highest BCUT2D eigenvalue weighted by atomic mass is 35.5. The molecule has 0 spiro atoms. The van der Waals surface area contributed by atoms with Crippen LogP contribution >= 0.6 is 11.6 Å². The second-order valence-electron chi connectivity index (χ2n) is 10.6. The lowest BCUT2D eigenvalue weighted by molar-refractivity contribution is -0.207. The summed E-state index contributed by atoms with van der Waals surface area (Å²) in [6, 6.07) is 7.68. The molecule has 1 unspecified atom stereocenters. The Labute approximate surface area is 262 Å². The van der Waals surface area contributed by atoms with Crippen LogP contribution in [0.25, 0.3) is 11.4 Å². The normalized spacial score (nSPS) is 13.5. The van der Waals surface area contributed by atoms with E-state index in [4.69, 9.17) is 11.6 Å². The van der Waals surface area contributed by atoms with Gasteiger partial charge in [-0.05, 0) is 55.8 Å². The van der Waals surface area contributed by atoms with Crippen molar-refractivity contribution in [1.29, 1.82) is 0 Å². The van der Waals surface area contributed by atoms with Crippen LogP contribution in [0.3, 0.4) is 0 Å². The fraction of sp³-hybridized carbons (Fsp3) is 0.393. The van der Waals surface area contributed by atoms with Crippen LogP contribution in [-0.2, 0) is 38.4 Å². The van der Waals surface area contributed by atoms with E-state index in [1.807, 2.05) is 0 Å². The Morgan fingerprint density at radius 3 is 2.22 bits per heavy atom. The van der Waals surface area contributed by atoms with Crippen LogP contribution in [0.1, 0.15) is 37.4 Å². The number of aromatic nitrogens is 3. The number of benzene rings is 2. The molecule has 46 heavy (non-hydrogen) atoms. The van der Waals surface area contributed by atoms with E-state index in [1.165, 1.54) is 44.2 Å². The van der Waals surface area contributed by atoms with Gasteiger partial charge in [0.1, 0.15) is 12.1 Å². The standard InChI is InChI=1S/C28H28ClF6N5O6/c1-26(2,24(44)46-3)37-21(42)12-19(16-5-4-6-17(11-16)27(30,31)32)36-22(43)14-40-25(45)39(13-20(41)28(33,34)35)23(38-40)15-7-9-18(29)10-8-15/h4-11,19-20,41H,12-14H2,1-3H3,(H,36,43)(H,37,42)/t19?,20-/m0/s1. The van der Waals surface area contributed by atoms with E-state index < -0.39 is 78.6 Å². The molecule has 0 aliphatic carbocycles. The molecule has 0 aliphatic heterocycles. The molecule has 3 N–H and O–H groups in total. The van der Waals surface area contributed by atoms with Gasteiger partial charge >= 0.3 is 24.0 Å². The van der Waals surface area contributed by atoms with Crippen LogP contribution in [0, 0.1) is 0 Å². The average molecular weight is 680 g/mol. The Hall–Kier alpha value is -4.38. The minimum Gasteiger partial charge on any atom is -0.467 e. The average Bonchev–Trinajstić information content (AvgIpc) is 3.25. The smallest absolute Gasteiger partial charge is 0.416 e. The number of hydrogen-bond donors (Lipinski definition) is 3. The van der Waals surface area contributed by atoms with Gasteiger partial charge in [-0.1, -0.05) is 23.7 Å². The van der Waals surface area contributed by atoms with Gasteiger partial charge in [-0.15, -0.1) is 5.10 Å². The summed E-state index contributed by atoms with van der Waals surface area (Å²) in [4.78, 5) is 51.1. The van der Waals surface area contributed by atoms with Crippen LogP contribution in [0.2, 0.25) is 5.02 Å². The van der Waals surface area contributed by atoms with Gasteiger partial charge in [-0.25, -0.2) is 14.3 Å². The highest BCUT2D eigenvalue weighted by molar-refractivity contribution is 6.30. The van der Waals surface area contributed by atoms with E-state index in [9.17, 15) is 50.6 Å². The third-order valence-corrected chi connectivity index (χ3v) is 6.79. The maximum absolute atomic E-state index is 13.4. The van der Waals surface area contributed by atoms with E-state index in [-0.39, 0.29) is 22.0 Å². The van der Waals surface area contributed by atoms with Crippen molar-refractivity contribution in [3.63, 3.8) is 0 Å². The van der Waals surface area contributed by atoms with E-state index in [0.29, 0.717) is 15.3 Å². The summed E-state index contributed by atoms with van der Waals surface area (Å²) >= 11 is 5.87. The summed E-state index contributed by atoms with van der Waals surface area (Å²) in [6.07, 6.45) is -13.5. The van der Waals surface area contributed by atoms with Crippen LogP contribution < -0.4 is 16.3 Å². The maximum Gasteiger partial charge on any atom is 0.416 e. The van der Waals surface area contributed by atoms with Crippen molar-refractivity contribution in [2.75, 3.05) is 7.11 Å². The Kier molecular flexibility index (Phi) is 10.9. The second-order valence-corrected chi connectivity index (χ2v) is 11.0. The maximum atomic E-state index is 13.4. The highest BCUT2D eigenvalue weighted by Crippen LogP contribution is 2.31. The van der Waals surface area contributed by atoms with Gasteiger partial charge in [0, 0.05) is 10.6 Å². The number of ether oxygens (including phenoxy) is 1. The second kappa shape index (κ2) is 13.9. The van der Waals surface area contributed by atoms with Gasteiger partial charge in [-0.3, -0.25) is 14.2 Å². The molecule has 250 valence electrons. The molecule has 18 heteroatoms. The molecule has 2 aromatic carbocycles. The number of aliphatic hydroxyl groups is 1. The molecule has 1 aromatic heterocycles. The predicted molar refractivity (Wildman–Crippen MR) is 150 cm³/mol. The van der Waals surface area contributed by atoms with Gasteiger partial charge in [0.05, 0.1) is 31.7 Å². The Balaban J connectivity index is 1.96. The lowest BCUT2D eigenvalue weighted by Crippen LogP contribution is -2.51. The molecule has 0 saturated heterocycles. The van der Waals surface area contributed by atoms with Crippen molar-refractivity contribution < 1.29 is 50.6 Å². The number of methoxy groups -OCH3 is 1. The molecule has 0 radical (unpaired) electrons. The van der Waals surface area contributed by atoms with Crippen molar-refractivity contribution in [2.45, 2.75) is 63.4 Å². The van der Waals surface area contributed by atoms with E-state index in [1.54, 1.807) is 0 Å². The number of esters is 1. The van der Waals surface area contributed by atoms with E-state index in [2.05, 4.69) is 20.5 Å². The zero-order valence-electron chi connectivity index (χ0n) is 24.4. The molecular formula is C28H28ClF6N5O6. The lowest BCUT2D eigenvalue weighted by atomic mass is 9.99. The van der Waals surface area contributed by atoms with Crippen molar-refractivity contribution >= 4 is 29.4 Å². The molecule has 2 amide bonds. The first-order valence-corrected chi connectivity index (χ1v) is 13.6. The van der Waals surface area contributed by atoms with Crippen LogP contribution in [-0.4, -0.2) is 62.2 Å². The van der Waals surface area contributed by atoms with Crippen LogP contribution in [0.15, 0.2) is 53.3 Å². The minimum absolute atomic E-state index is 0.113. The van der Waals surface area contributed by atoms with Crippen molar-refractivity contribution in [2.24, 2.45) is 0 Å². The molecule has 1 heterocycles. The largest absolute Gasteiger partial charge is 0.467 e. The molecule has 3 rings (SSSR count). The topological polar surface area (TPSA) is 145 Å². The molecule has 11 nitrogen and oxygen atoms in total. The number of alkyl halides is 6. The summed E-state index contributed by atoms with van der Waals surface area (Å²) in [7, 11) is 1.08. The molecule has 0 aliphatic rings. The summed E-state index contributed by atoms with van der Waals surface area (Å²) in [6.45, 7) is 0.404. The van der Waals surface area contributed by atoms with Gasteiger partial charge in [0.25, 0.3) is 0 Å². The molecule has 0 fully saturated rings. The summed E-state index contributed by atoms with van der Waals surface area (Å²) in [5.41, 5.74) is -3.92. The predicted octanol–water partition coefficient (Wildman–Crippen LogP) is 3.62. The number of halogens is 7. The summed E-state index contributed by atoms with van der Waals surface area (Å²) in [5.74, 6) is -3.11. The Morgan fingerprint density at radius 1 is 1.02 bits per heavy atom. The molecule has 0 saturated carbocycles. The molecule has 0 bridgehead atoms. The number of aliphatic hydroxyl groups excluding tert-OH is 1.